The second-order valence-electron chi connectivity index (χ2n) is 8.46. The molecule has 0 atom stereocenters. The van der Waals surface area contributed by atoms with Gasteiger partial charge in [-0.05, 0) is 76.6 Å². The van der Waals surface area contributed by atoms with Crippen LogP contribution in [0.1, 0.15) is 65.9 Å². The quantitative estimate of drug-likeness (QED) is 0.752. The Morgan fingerprint density at radius 2 is 1.72 bits per heavy atom. The van der Waals surface area contributed by atoms with Crippen LogP contribution >= 0.6 is 0 Å². The molecule has 1 N–H and O–H groups in total. The molecule has 0 aliphatic heterocycles. The molecule has 0 unspecified atom stereocenters. The minimum absolute atomic E-state index is 0.0955. The van der Waals surface area contributed by atoms with Gasteiger partial charge in [-0.25, -0.2) is 0 Å². The van der Waals surface area contributed by atoms with Crippen molar-refractivity contribution < 1.29 is 4.79 Å². The minimum atomic E-state index is -0.561. The highest BCUT2D eigenvalue weighted by Crippen LogP contribution is 2.42. The number of rotatable bonds is 2. The first kappa shape index (κ1) is 16.1. The van der Waals surface area contributed by atoms with Crippen molar-refractivity contribution >= 4 is 12.0 Å². The Bertz CT molecular complexity index is 942. The van der Waals surface area contributed by atoms with Gasteiger partial charge in [-0.1, -0.05) is 50.6 Å². The van der Waals surface area contributed by atoms with Crippen molar-refractivity contribution in [2.24, 2.45) is 0 Å². The first-order chi connectivity index (χ1) is 11.8. The molecular formula is C23H24NO. The molecule has 0 saturated carbocycles. The average Bonchev–Trinajstić information content (AvgIpc) is 2.85. The molecule has 2 nitrogen and oxygen atoms in total. The third-order valence-corrected chi connectivity index (χ3v) is 5.60. The van der Waals surface area contributed by atoms with Crippen molar-refractivity contribution in [2.45, 2.75) is 52.4 Å². The maximum atomic E-state index is 11.6. The van der Waals surface area contributed by atoms with E-state index in [1.807, 2.05) is 6.07 Å². The van der Waals surface area contributed by atoms with Gasteiger partial charge in [-0.15, -0.1) is 0 Å². The van der Waals surface area contributed by atoms with E-state index >= 15 is 0 Å². The lowest BCUT2D eigenvalue weighted by Crippen LogP contribution is -2.18. The normalized spacial score (nSPS) is 15.3. The highest BCUT2D eigenvalue weighted by Gasteiger charge is 2.27. The molecule has 2 aliphatic carbocycles. The first-order valence-electron chi connectivity index (χ1n) is 9.01. The van der Waals surface area contributed by atoms with Crippen LogP contribution in [0.4, 0.5) is 0 Å². The number of hydrogen-bond donors (Lipinski definition) is 0. The number of hydrogen-bond acceptors (Lipinski definition) is 1. The number of carbonyl (C=O) groups is 1. The molecule has 1 amide bonds. The average molecular weight is 330 g/mol. The van der Waals surface area contributed by atoms with E-state index in [2.05, 4.69) is 52.0 Å². The molecule has 127 valence electrons. The van der Waals surface area contributed by atoms with E-state index in [1.165, 1.54) is 39.0 Å². The Morgan fingerprint density at radius 1 is 1.00 bits per heavy atom. The maximum Gasteiger partial charge on any atom is 0.269 e. The molecule has 0 fully saturated rings. The molecule has 25 heavy (non-hydrogen) atoms. The predicted molar refractivity (Wildman–Crippen MR) is 103 cm³/mol. The maximum absolute atomic E-state index is 11.6. The summed E-state index contributed by atoms with van der Waals surface area (Å²) in [6.45, 7) is 8.96. The van der Waals surface area contributed by atoms with Gasteiger partial charge in [-0.3, -0.25) is 10.5 Å². The van der Waals surface area contributed by atoms with Gasteiger partial charge in [0.15, 0.2) is 0 Å². The fourth-order valence-corrected chi connectivity index (χ4v) is 4.09. The monoisotopic (exact) mass is 330 g/mol. The second-order valence-corrected chi connectivity index (χ2v) is 8.46. The molecule has 4 rings (SSSR count). The smallest absolute Gasteiger partial charge is 0.267 e. The molecule has 2 aromatic carbocycles. The molecular weight excluding hydrogens is 306 g/mol. The molecule has 2 heteroatoms. The van der Waals surface area contributed by atoms with Crippen LogP contribution in [-0.2, 0) is 24.7 Å². The SMILES string of the molecule is CC1=Cc2cc(C(C)(C)C)cc(-c3ccc(C([NH])=O)c4c3CC4)c2C1. The fraction of sp³-hybridized carbons (Fsp3) is 0.348. The standard InChI is InChI=1S/C23H24NO/c1-13-9-14-11-15(23(2,3)4)12-21(20(14)10-13)18-7-8-19(22(24)25)17-6-5-16(17)18/h7-9,11-12,24H,5-6,10H2,1-4H3. The Labute approximate surface area is 149 Å². The van der Waals surface area contributed by atoms with Gasteiger partial charge in [0.25, 0.3) is 5.91 Å². The first-order valence-corrected chi connectivity index (χ1v) is 9.01. The van der Waals surface area contributed by atoms with Crippen molar-refractivity contribution in [2.75, 3.05) is 0 Å². The van der Waals surface area contributed by atoms with Crippen LogP contribution in [0.5, 0.6) is 0 Å². The number of amides is 1. The summed E-state index contributed by atoms with van der Waals surface area (Å²) in [4.78, 5) is 11.6. The third-order valence-electron chi connectivity index (χ3n) is 5.60. The van der Waals surface area contributed by atoms with Gasteiger partial charge in [0.05, 0.1) is 0 Å². The van der Waals surface area contributed by atoms with Crippen molar-refractivity contribution in [3.05, 3.63) is 63.2 Å². The third kappa shape index (κ3) is 2.52. The van der Waals surface area contributed by atoms with E-state index < -0.39 is 5.91 Å². The van der Waals surface area contributed by atoms with Crippen molar-refractivity contribution in [3.8, 4) is 11.1 Å². The highest BCUT2D eigenvalue weighted by atomic mass is 16.1. The molecule has 0 aromatic heterocycles. The summed E-state index contributed by atoms with van der Waals surface area (Å²) in [7, 11) is 0. The largest absolute Gasteiger partial charge is 0.269 e. The minimum Gasteiger partial charge on any atom is -0.267 e. The second kappa shape index (κ2) is 5.32. The molecule has 2 aromatic rings. The van der Waals surface area contributed by atoms with Crippen molar-refractivity contribution in [1.82, 2.24) is 5.73 Å². The molecule has 0 bridgehead atoms. The Kier molecular flexibility index (Phi) is 3.44. The number of fused-ring (bicyclic) bond motifs is 2. The summed E-state index contributed by atoms with van der Waals surface area (Å²) in [5.74, 6) is -0.561. The summed E-state index contributed by atoms with van der Waals surface area (Å²) in [6, 6.07) is 8.61. The Balaban J connectivity index is 1.95. The van der Waals surface area contributed by atoms with Crippen LogP contribution in [0.3, 0.4) is 0 Å². The van der Waals surface area contributed by atoms with E-state index in [0.29, 0.717) is 5.56 Å². The summed E-state index contributed by atoms with van der Waals surface area (Å²) in [6.07, 6.45) is 5.24. The zero-order valence-corrected chi connectivity index (χ0v) is 15.4. The summed E-state index contributed by atoms with van der Waals surface area (Å²) in [5.41, 5.74) is 18.6. The van der Waals surface area contributed by atoms with Crippen LogP contribution in [-0.4, -0.2) is 5.91 Å². The Morgan fingerprint density at radius 3 is 2.32 bits per heavy atom. The summed E-state index contributed by atoms with van der Waals surface area (Å²) >= 11 is 0. The number of nitrogens with one attached hydrogen (secondary N) is 1. The van der Waals surface area contributed by atoms with Crippen LogP contribution in [0, 0.1) is 0 Å². The van der Waals surface area contributed by atoms with Crippen LogP contribution in [0.15, 0.2) is 29.8 Å². The van der Waals surface area contributed by atoms with Gasteiger partial charge >= 0.3 is 0 Å². The van der Waals surface area contributed by atoms with Gasteiger partial charge < -0.3 is 0 Å². The van der Waals surface area contributed by atoms with Crippen LogP contribution < -0.4 is 5.73 Å². The van der Waals surface area contributed by atoms with Crippen LogP contribution in [0.2, 0.25) is 0 Å². The highest BCUT2D eigenvalue weighted by molar-refractivity contribution is 5.96. The molecule has 0 saturated heterocycles. The van der Waals surface area contributed by atoms with Crippen LogP contribution in [0.25, 0.3) is 17.2 Å². The predicted octanol–water partition coefficient (Wildman–Crippen LogP) is 5.13. The number of carbonyl (C=O) groups excluding carboxylic acids is 1. The van der Waals surface area contributed by atoms with Gasteiger partial charge in [0.1, 0.15) is 0 Å². The number of allylic oxidation sites excluding steroid dienone is 1. The summed E-state index contributed by atoms with van der Waals surface area (Å²) in [5, 5.41) is 0. The van der Waals surface area contributed by atoms with Gasteiger partial charge in [0.2, 0.25) is 0 Å². The molecule has 0 heterocycles. The number of benzene rings is 2. The lowest BCUT2D eigenvalue weighted by Gasteiger charge is -2.28. The van der Waals surface area contributed by atoms with E-state index in [9.17, 15) is 4.79 Å². The zero-order valence-electron chi connectivity index (χ0n) is 15.4. The van der Waals surface area contributed by atoms with E-state index in [4.69, 9.17) is 5.73 Å². The molecule has 1 radical (unpaired) electrons. The van der Waals surface area contributed by atoms with Gasteiger partial charge in [-0.2, -0.15) is 0 Å². The topological polar surface area (TPSA) is 40.9 Å². The van der Waals surface area contributed by atoms with E-state index in [-0.39, 0.29) is 5.41 Å². The van der Waals surface area contributed by atoms with Crippen molar-refractivity contribution in [3.63, 3.8) is 0 Å². The molecule has 2 aliphatic rings. The van der Waals surface area contributed by atoms with E-state index in [1.54, 1.807) is 0 Å². The van der Waals surface area contributed by atoms with E-state index in [0.717, 1.165) is 24.8 Å². The van der Waals surface area contributed by atoms with Gasteiger partial charge in [0, 0.05) is 5.56 Å². The van der Waals surface area contributed by atoms with Crippen molar-refractivity contribution in [1.29, 1.82) is 0 Å². The summed E-state index contributed by atoms with van der Waals surface area (Å²) < 4.78 is 0. The zero-order chi connectivity index (χ0) is 17.9. The Hall–Kier alpha value is -2.35. The fourth-order valence-electron chi connectivity index (χ4n) is 4.09. The molecule has 0 spiro atoms. The lowest BCUT2D eigenvalue weighted by molar-refractivity contribution is 0.0990. The lowest BCUT2D eigenvalue weighted by atomic mass is 9.76.